The van der Waals surface area contributed by atoms with Gasteiger partial charge in [0.2, 0.25) is 0 Å². The number of aromatic nitrogens is 2. The van der Waals surface area contributed by atoms with Crippen molar-refractivity contribution in [2.24, 2.45) is 0 Å². The second kappa shape index (κ2) is 10.9. The molecule has 1 fully saturated rings. The number of hydrogen-bond donors (Lipinski definition) is 2. The highest BCUT2D eigenvalue weighted by Crippen LogP contribution is 2.19. The van der Waals surface area contributed by atoms with E-state index in [4.69, 9.17) is 10.5 Å². The lowest BCUT2D eigenvalue weighted by molar-refractivity contribution is 0.190. The molecule has 0 aliphatic carbocycles. The number of pyridine rings is 1. The first kappa shape index (κ1) is 22.7. The molecule has 30 heavy (non-hydrogen) atoms. The van der Waals surface area contributed by atoms with Gasteiger partial charge in [0.05, 0.1) is 18.5 Å². The predicted molar refractivity (Wildman–Crippen MR) is 126 cm³/mol. The maximum atomic E-state index is 12.5. The smallest absolute Gasteiger partial charge is 0.251 e. The summed E-state index contributed by atoms with van der Waals surface area (Å²) in [6.07, 6.45) is 7.45. The number of methoxy groups -OCH3 is 1. The van der Waals surface area contributed by atoms with Gasteiger partial charge < -0.3 is 25.3 Å². The fraction of sp³-hybridized carbons (Fsp3) is 0.429. The first-order valence-corrected chi connectivity index (χ1v) is 11.5. The van der Waals surface area contributed by atoms with Crippen LogP contribution in [0.4, 0.5) is 5.69 Å². The molecule has 162 valence electrons. The van der Waals surface area contributed by atoms with Crippen LogP contribution in [0.15, 0.2) is 45.5 Å². The molecule has 7 nitrogen and oxygen atoms in total. The third-order valence-electron chi connectivity index (χ3n) is 5.29. The number of thiazole rings is 1. The van der Waals surface area contributed by atoms with Crippen molar-refractivity contribution < 1.29 is 4.74 Å². The lowest BCUT2D eigenvalue weighted by atomic mass is 10.1. The molecule has 9 heteroatoms. The number of rotatable bonds is 9. The Kier molecular flexibility index (Phi) is 8.26. The normalized spacial score (nSPS) is 16.0. The SMILES string of the molecule is C=C/C(=C\c1c(N)ccc(=O)n1CCN1CCC(NCc2cnc(Br)s2)CC1)OC. The number of nitrogens with one attached hydrogen (secondary N) is 1. The lowest BCUT2D eigenvalue weighted by Crippen LogP contribution is -2.43. The summed E-state index contributed by atoms with van der Waals surface area (Å²) in [6.45, 7) is 7.97. The summed E-state index contributed by atoms with van der Waals surface area (Å²) in [6, 6.07) is 3.66. The standard InChI is InChI=1S/C21H28BrN5O2S/c1-3-16(29-2)12-19-18(23)4-5-20(28)27(19)11-10-26-8-6-15(7-9-26)24-13-17-14-25-21(22)30-17/h3-5,12,14-15,24H,1,6-11,13,23H2,2H3/b16-12+. The predicted octanol–water partition coefficient (Wildman–Crippen LogP) is 3.08. The van der Waals surface area contributed by atoms with Crippen LogP contribution in [0.25, 0.3) is 6.08 Å². The van der Waals surface area contributed by atoms with E-state index in [1.807, 2.05) is 6.20 Å². The highest BCUT2D eigenvalue weighted by molar-refractivity contribution is 9.11. The molecular formula is C21H28BrN5O2S. The van der Waals surface area contributed by atoms with Gasteiger partial charge in [-0.15, -0.1) is 11.3 Å². The number of allylic oxidation sites excluding steroid dienone is 1. The van der Waals surface area contributed by atoms with Crippen molar-refractivity contribution in [3.63, 3.8) is 0 Å². The number of nitrogens with zero attached hydrogens (tertiary/aromatic N) is 3. The number of halogens is 1. The average molecular weight is 494 g/mol. The summed E-state index contributed by atoms with van der Waals surface area (Å²) in [5, 5.41) is 3.63. The maximum Gasteiger partial charge on any atom is 0.251 e. The molecule has 0 saturated carbocycles. The van der Waals surface area contributed by atoms with Crippen LogP contribution in [-0.4, -0.2) is 47.2 Å². The highest BCUT2D eigenvalue weighted by atomic mass is 79.9. The van der Waals surface area contributed by atoms with Crippen LogP contribution in [0.2, 0.25) is 0 Å². The van der Waals surface area contributed by atoms with Gasteiger partial charge in [0.1, 0.15) is 5.76 Å². The molecular weight excluding hydrogens is 466 g/mol. The Morgan fingerprint density at radius 1 is 1.43 bits per heavy atom. The quantitative estimate of drug-likeness (QED) is 0.412. The number of piperidine rings is 1. The Hall–Kier alpha value is -1.94. The molecule has 3 rings (SSSR count). The second-order valence-corrected chi connectivity index (χ2v) is 9.59. The summed E-state index contributed by atoms with van der Waals surface area (Å²) in [5.74, 6) is 0.570. The highest BCUT2D eigenvalue weighted by Gasteiger charge is 2.19. The van der Waals surface area contributed by atoms with Crippen molar-refractivity contribution in [2.75, 3.05) is 32.5 Å². The van der Waals surface area contributed by atoms with E-state index in [1.54, 1.807) is 41.2 Å². The van der Waals surface area contributed by atoms with Crippen LogP contribution in [0.1, 0.15) is 23.4 Å². The molecule has 0 amide bonds. The van der Waals surface area contributed by atoms with Crippen LogP contribution in [-0.2, 0) is 17.8 Å². The van der Waals surface area contributed by atoms with E-state index in [0.717, 1.165) is 42.9 Å². The van der Waals surface area contributed by atoms with Gasteiger partial charge in [-0.2, -0.15) is 0 Å². The molecule has 2 aromatic rings. The number of nitrogens with two attached hydrogens (primary N) is 1. The average Bonchev–Trinajstić information content (AvgIpc) is 3.18. The zero-order valence-electron chi connectivity index (χ0n) is 17.1. The third-order valence-corrected chi connectivity index (χ3v) is 6.77. The summed E-state index contributed by atoms with van der Waals surface area (Å²) in [4.78, 5) is 20.3. The van der Waals surface area contributed by atoms with Gasteiger partial charge in [-0.05, 0) is 54.0 Å². The number of hydrogen-bond acceptors (Lipinski definition) is 7. The first-order valence-electron chi connectivity index (χ1n) is 9.93. The number of likely N-dealkylation sites (tertiary alicyclic amines) is 1. The van der Waals surface area contributed by atoms with Crippen LogP contribution < -0.4 is 16.6 Å². The van der Waals surface area contributed by atoms with E-state index in [1.165, 1.54) is 10.9 Å². The van der Waals surface area contributed by atoms with E-state index >= 15 is 0 Å². The molecule has 3 N–H and O–H groups in total. The molecule has 1 saturated heterocycles. The molecule has 0 bridgehead atoms. The monoisotopic (exact) mass is 493 g/mol. The topological polar surface area (TPSA) is 85.4 Å². The summed E-state index contributed by atoms with van der Waals surface area (Å²) < 4.78 is 7.90. The van der Waals surface area contributed by atoms with Crippen molar-refractivity contribution in [3.05, 3.63) is 61.6 Å². The number of anilines is 1. The lowest BCUT2D eigenvalue weighted by Gasteiger charge is -2.32. The van der Waals surface area contributed by atoms with Gasteiger partial charge >= 0.3 is 0 Å². The van der Waals surface area contributed by atoms with Gasteiger partial charge in [-0.3, -0.25) is 4.79 Å². The molecule has 2 aromatic heterocycles. The van der Waals surface area contributed by atoms with Gasteiger partial charge in [0, 0.05) is 48.9 Å². The Bertz CT molecular complexity index is 947. The van der Waals surface area contributed by atoms with E-state index in [9.17, 15) is 4.79 Å². The molecule has 1 aliphatic heterocycles. The molecule has 1 aliphatic rings. The fourth-order valence-corrected chi connectivity index (χ4v) is 4.86. The number of ether oxygens (including phenoxy) is 1. The molecule has 3 heterocycles. The maximum absolute atomic E-state index is 12.5. The van der Waals surface area contributed by atoms with Crippen LogP contribution in [0.3, 0.4) is 0 Å². The number of nitrogen functional groups attached to an aromatic ring is 1. The van der Waals surface area contributed by atoms with Crippen LogP contribution >= 0.6 is 27.3 Å². The molecule has 0 radical (unpaired) electrons. The van der Waals surface area contributed by atoms with Gasteiger partial charge in [-0.25, -0.2) is 4.98 Å². The molecule has 0 unspecified atom stereocenters. The van der Waals surface area contributed by atoms with Crippen LogP contribution in [0, 0.1) is 0 Å². The van der Waals surface area contributed by atoms with Crippen molar-refractivity contribution in [1.29, 1.82) is 0 Å². The summed E-state index contributed by atoms with van der Waals surface area (Å²) in [7, 11) is 1.57. The minimum absolute atomic E-state index is 0.0674. The van der Waals surface area contributed by atoms with E-state index in [2.05, 4.69) is 37.7 Å². The van der Waals surface area contributed by atoms with E-state index in [-0.39, 0.29) is 5.56 Å². The van der Waals surface area contributed by atoms with Crippen molar-refractivity contribution in [1.82, 2.24) is 19.8 Å². The zero-order valence-corrected chi connectivity index (χ0v) is 19.5. The molecule has 0 aromatic carbocycles. The molecule has 0 atom stereocenters. The van der Waals surface area contributed by atoms with Crippen LogP contribution in [0.5, 0.6) is 0 Å². The Morgan fingerprint density at radius 3 is 2.83 bits per heavy atom. The fourth-order valence-electron chi connectivity index (χ4n) is 3.55. The van der Waals surface area contributed by atoms with Gasteiger partial charge in [0.15, 0.2) is 3.92 Å². The van der Waals surface area contributed by atoms with E-state index < -0.39 is 0 Å². The van der Waals surface area contributed by atoms with E-state index in [0.29, 0.717) is 29.7 Å². The zero-order chi connectivity index (χ0) is 21.5. The first-order chi connectivity index (χ1) is 14.5. The minimum Gasteiger partial charge on any atom is -0.497 e. The Balaban J connectivity index is 1.55. The second-order valence-electron chi connectivity index (χ2n) is 7.20. The molecule has 0 spiro atoms. The van der Waals surface area contributed by atoms with Gasteiger partial charge in [0.25, 0.3) is 5.56 Å². The minimum atomic E-state index is -0.0674. The third kappa shape index (κ3) is 6.04. The summed E-state index contributed by atoms with van der Waals surface area (Å²) >= 11 is 5.07. The van der Waals surface area contributed by atoms with Gasteiger partial charge in [-0.1, -0.05) is 6.58 Å². The van der Waals surface area contributed by atoms with Crippen molar-refractivity contribution in [2.45, 2.75) is 32.0 Å². The Labute approximate surface area is 189 Å². The van der Waals surface area contributed by atoms with Crippen molar-refractivity contribution in [3.8, 4) is 0 Å². The summed E-state index contributed by atoms with van der Waals surface area (Å²) in [5.41, 5.74) is 7.27. The van der Waals surface area contributed by atoms with Crippen molar-refractivity contribution >= 4 is 39.0 Å². The Morgan fingerprint density at radius 2 is 2.20 bits per heavy atom. The largest absolute Gasteiger partial charge is 0.497 e.